The second-order valence-corrected chi connectivity index (χ2v) is 11.0. The highest BCUT2D eigenvalue weighted by Gasteiger charge is 2.33. The fourth-order valence-electron chi connectivity index (χ4n) is 4.94. The molecule has 0 radical (unpaired) electrons. The molecular weight excluding hydrogens is 396 g/mol. The van der Waals surface area contributed by atoms with Crippen molar-refractivity contribution in [3.05, 3.63) is 22.8 Å². The molecule has 186 valence electrons. The predicted molar refractivity (Wildman–Crippen MR) is 138 cm³/mol. The Morgan fingerprint density at radius 3 is 1.97 bits per heavy atom. The van der Waals surface area contributed by atoms with E-state index in [0.717, 1.165) is 61.0 Å². The van der Waals surface area contributed by atoms with Crippen molar-refractivity contribution in [1.82, 2.24) is 0 Å². The summed E-state index contributed by atoms with van der Waals surface area (Å²) in [5.41, 5.74) is 3.16. The number of aliphatic hydroxyl groups is 1. The van der Waals surface area contributed by atoms with Crippen LogP contribution in [0.4, 0.5) is 0 Å². The number of hydrogen-bond donors (Lipinski definition) is 2. The van der Waals surface area contributed by atoms with Crippen LogP contribution in [0.15, 0.2) is 6.07 Å². The molecular formula is C29H52O3. The second kappa shape index (κ2) is 14.1. The lowest BCUT2D eigenvalue weighted by Gasteiger charge is -2.37. The molecule has 0 fully saturated rings. The first kappa shape index (κ1) is 28.8. The largest absolute Gasteiger partial charge is 0.508 e. The van der Waals surface area contributed by atoms with Crippen molar-refractivity contribution in [1.29, 1.82) is 0 Å². The van der Waals surface area contributed by atoms with Crippen LogP contribution in [0.1, 0.15) is 116 Å². The third-order valence-corrected chi connectivity index (χ3v) is 7.44. The molecule has 2 N–H and O–H groups in total. The predicted octanol–water partition coefficient (Wildman–Crippen LogP) is 8.14. The molecule has 0 spiro atoms. The van der Waals surface area contributed by atoms with E-state index in [1.165, 1.54) is 56.9 Å². The molecule has 1 aliphatic heterocycles. The molecule has 0 aliphatic carbocycles. The van der Waals surface area contributed by atoms with E-state index in [4.69, 9.17) is 9.84 Å². The Kier molecular flexibility index (Phi) is 12.7. The van der Waals surface area contributed by atoms with Crippen molar-refractivity contribution < 1.29 is 14.9 Å². The number of aliphatic hydroxyl groups excluding tert-OH is 1. The number of phenols is 1. The first-order valence-corrected chi connectivity index (χ1v) is 13.1. The van der Waals surface area contributed by atoms with Gasteiger partial charge in [0.2, 0.25) is 0 Å². The van der Waals surface area contributed by atoms with Crippen LogP contribution in [0.5, 0.6) is 11.5 Å². The number of fused-ring (bicyclic) bond motifs is 1. The van der Waals surface area contributed by atoms with Crippen LogP contribution in [0.2, 0.25) is 0 Å². The minimum absolute atomic E-state index is 0.0637. The van der Waals surface area contributed by atoms with Gasteiger partial charge in [-0.25, -0.2) is 0 Å². The molecule has 3 atom stereocenters. The SMILES string of the molecule is CO.Cc1c(O)cc2c(c1C)O[C@](C)(CCCC(C)CCCC(C)CCCC(C)C)CC2. The molecule has 0 amide bonds. The normalized spacial score (nSPS) is 19.6. The molecule has 1 aliphatic rings. The van der Waals surface area contributed by atoms with E-state index in [1.807, 2.05) is 13.0 Å². The topological polar surface area (TPSA) is 49.7 Å². The van der Waals surface area contributed by atoms with Gasteiger partial charge in [-0.05, 0) is 87.0 Å². The molecule has 2 rings (SSSR count). The molecule has 0 saturated carbocycles. The van der Waals surface area contributed by atoms with Crippen LogP contribution >= 0.6 is 0 Å². The fourth-order valence-corrected chi connectivity index (χ4v) is 4.94. The zero-order valence-corrected chi connectivity index (χ0v) is 22.4. The Labute approximate surface area is 199 Å². The van der Waals surface area contributed by atoms with Crippen molar-refractivity contribution in [2.24, 2.45) is 17.8 Å². The standard InChI is InChI=1S/C28H48O2.CH4O/c1-20(2)11-8-12-21(3)13-9-14-22(4)15-10-17-28(7)18-16-25-19-26(29)23(5)24(6)27(25)30-28;1-2/h19-22,29H,8-18H2,1-7H3;2H,1H3/t21?,22?,28-;/m1./s1. The number of hydrogen-bond acceptors (Lipinski definition) is 3. The van der Waals surface area contributed by atoms with Gasteiger partial charge in [-0.15, -0.1) is 0 Å². The van der Waals surface area contributed by atoms with Crippen molar-refractivity contribution in [2.45, 2.75) is 125 Å². The summed E-state index contributed by atoms with van der Waals surface area (Å²) in [7, 11) is 1.00. The summed E-state index contributed by atoms with van der Waals surface area (Å²) in [5, 5.41) is 17.1. The van der Waals surface area contributed by atoms with E-state index in [0.29, 0.717) is 5.75 Å². The maximum atomic E-state index is 10.1. The van der Waals surface area contributed by atoms with Crippen LogP contribution in [0, 0.1) is 31.6 Å². The van der Waals surface area contributed by atoms with Gasteiger partial charge in [-0.3, -0.25) is 0 Å². The number of aryl methyl sites for hydroxylation is 1. The maximum Gasteiger partial charge on any atom is 0.126 e. The quantitative estimate of drug-likeness (QED) is 0.339. The molecule has 2 unspecified atom stereocenters. The van der Waals surface area contributed by atoms with Gasteiger partial charge in [-0.1, -0.05) is 72.6 Å². The third-order valence-electron chi connectivity index (χ3n) is 7.44. The first-order valence-electron chi connectivity index (χ1n) is 13.1. The van der Waals surface area contributed by atoms with Gasteiger partial charge in [0.15, 0.2) is 0 Å². The summed E-state index contributed by atoms with van der Waals surface area (Å²) in [4.78, 5) is 0. The van der Waals surface area contributed by atoms with Gasteiger partial charge >= 0.3 is 0 Å². The molecule has 1 aromatic carbocycles. The molecule has 0 aromatic heterocycles. The molecule has 3 heteroatoms. The smallest absolute Gasteiger partial charge is 0.126 e. The minimum Gasteiger partial charge on any atom is -0.508 e. The number of benzene rings is 1. The van der Waals surface area contributed by atoms with E-state index in [9.17, 15) is 5.11 Å². The molecule has 0 saturated heterocycles. The van der Waals surface area contributed by atoms with Gasteiger partial charge in [-0.2, -0.15) is 0 Å². The van der Waals surface area contributed by atoms with Crippen LogP contribution in [0.3, 0.4) is 0 Å². The molecule has 3 nitrogen and oxygen atoms in total. The molecule has 1 aromatic rings. The van der Waals surface area contributed by atoms with Crippen LogP contribution in [0.25, 0.3) is 0 Å². The average molecular weight is 449 g/mol. The Morgan fingerprint density at radius 1 is 0.875 bits per heavy atom. The van der Waals surface area contributed by atoms with E-state index in [1.54, 1.807) is 0 Å². The summed E-state index contributed by atoms with van der Waals surface area (Å²) in [5.74, 6) is 3.98. The first-order chi connectivity index (χ1) is 15.1. The van der Waals surface area contributed by atoms with E-state index in [2.05, 4.69) is 41.5 Å². The number of aromatic hydroxyl groups is 1. The van der Waals surface area contributed by atoms with Crippen LogP contribution in [-0.4, -0.2) is 22.9 Å². The Balaban J connectivity index is 0.00000249. The molecule has 0 bridgehead atoms. The highest BCUT2D eigenvalue weighted by Crippen LogP contribution is 2.42. The Bertz CT molecular complexity index is 667. The maximum absolute atomic E-state index is 10.1. The van der Waals surface area contributed by atoms with Crippen LogP contribution in [-0.2, 0) is 6.42 Å². The summed E-state index contributed by atoms with van der Waals surface area (Å²) in [6.45, 7) is 15.9. The summed E-state index contributed by atoms with van der Waals surface area (Å²) >= 11 is 0. The van der Waals surface area contributed by atoms with Gasteiger partial charge in [0.05, 0.1) is 0 Å². The van der Waals surface area contributed by atoms with Crippen molar-refractivity contribution in [3.63, 3.8) is 0 Å². The molecule has 32 heavy (non-hydrogen) atoms. The summed E-state index contributed by atoms with van der Waals surface area (Å²) < 4.78 is 6.52. The van der Waals surface area contributed by atoms with Crippen LogP contribution < -0.4 is 4.74 Å². The van der Waals surface area contributed by atoms with Crippen molar-refractivity contribution >= 4 is 0 Å². The lowest BCUT2D eigenvalue weighted by atomic mass is 9.85. The lowest BCUT2D eigenvalue weighted by Crippen LogP contribution is -2.36. The average Bonchev–Trinajstić information content (AvgIpc) is 2.74. The number of phenolic OH excluding ortho intramolecular Hbond substituents is 1. The number of ether oxygens (including phenoxy) is 1. The zero-order chi connectivity index (χ0) is 24.3. The van der Waals surface area contributed by atoms with Gasteiger partial charge < -0.3 is 14.9 Å². The fraction of sp³-hybridized carbons (Fsp3) is 0.793. The Hall–Kier alpha value is -1.22. The van der Waals surface area contributed by atoms with Crippen molar-refractivity contribution in [2.75, 3.05) is 7.11 Å². The van der Waals surface area contributed by atoms with Gasteiger partial charge in [0, 0.05) is 7.11 Å². The lowest BCUT2D eigenvalue weighted by molar-refractivity contribution is 0.0514. The Morgan fingerprint density at radius 2 is 1.41 bits per heavy atom. The third kappa shape index (κ3) is 9.33. The number of rotatable bonds is 12. The highest BCUT2D eigenvalue weighted by molar-refractivity contribution is 5.53. The second-order valence-electron chi connectivity index (χ2n) is 11.0. The van der Waals surface area contributed by atoms with E-state index < -0.39 is 0 Å². The van der Waals surface area contributed by atoms with E-state index in [-0.39, 0.29) is 5.60 Å². The molecule has 1 heterocycles. The monoisotopic (exact) mass is 448 g/mol. The van der Waals surface area contributed by atoms with E-state index >= 15 is 0 Å². The van der Waals surface area contributed by atoms with Gasteiger partial charge in [0.1, 0.15) is 17.1 Å². The van der Waals surface area contributed by atoms with Gasteiger partial charge in [0.25, 0.3) is 0 Å². The highest BCUT2D eigenvalue weighted by atomic mass is 16.5. The minimum atomic E-state index is -0.0637. The summed E-state index contributed by atoms with van der Waals surface area (Å²) in [6, 6.07) is 1.91. The summed E-state index contributed by atoms with van der Waals surface area (Å²) in [6.07, 6.45) is 14.1. The van der Waals surface area contributed by atoms with Crippen molar-refractivity contribution in [3.8, 4) is 11.5 Å². The zero-order valence-electron chi connectivity index (χ0n) is 22.4.